The fourth-order valence-electron chi connectivity index (χ4n) is 3.86. The maximum atomic E-state index is 12.8. The van der Waals surface area contributed by atoms with Gasteiger partial charge in [0.15, 0.2) is 0 Å². The van der Waals surface area contributed by atoms with E-state index in [1.54, 1.807) is 23.6 Å². The molecule has 1 aromatic carbocycles. The first-order chi connectivity index (χ1) is 14.2. The highest BCUT2D eigenvalue weighted by Gasteiger charge is 2.42. The van der Waals surface area contributed by atoms with Crippen molar-refractivity contribution in [3.63, 3.8) is 0 Å². The van der Waals surface area contributed by atoms with Crippen molar-refractivity contribution >= 4 is 43.9 Å². The zero-order valence-corrected chi connectivity index (χ0v) is 16.2. The summed E-state index contributed by atoms with van der Waals surface area (Å²) in [6.45, 7) is 0. The Kier molecular flexibility index (Phi) is 3.61. The summed E-state index contributed by atoms with van der Waals surface area (Å²) >= 11 is 1.63. The summed E-state index contributed by atoms with van der Waals surface area (Å²) in [5.41, 5.74) is 4.25. The van der Waals surface area contributed by atoms with Crippen LogP contribution in [0.4, 0.5) is 0 Å². The Bertz CT molecular complexity index is 1330. The fourth-order valence-corrected chi connectivity index (χ4v) is 4.79. The molecule has 2 atom stereocenters. The summed E-state index contributed by atoms with van der Waals surface area (Å²) in [7, 11) is 0. The van der Waals surface area contributed by atoms with Gasteiger partial charge in [-0.15, -0.1) is 11.3 Å². The van der Waals surface area contributed by atoms with Crippen LogP contribution in [0.2, 0.25) is 0 Å². The molecule has 6 heteroatoms. The standard InChI is InChI=1S/C23H16N4OS.H2/c28-22(19-6-5-13-3-1-2-4-17(13)25-19)26-20-11-15(9-14-10-16(14)20)23-27-18-7-8-24-12-21(18)29-23;/h1-9,11-12,14,16H,10H2,(H,26,28);1H. The molecule has 5 nitrogen and oxygen atoms in total. The zero-order chi connectivity index (χ0) is 19.4. The van der Waals surface area contributed by atoms with Crippen LogP contribution in [0, 0.1) is 11.8 Å². The van der Waals surface area contributed by atoms with Crippen LogP contribution in [0.1, 0.15) is 23.3 Å². The van der Waals surface area contributed by atoms with E-state index in [0.717, 1.165) is 43.8 Å². The molecule has 3 aromatic heterocycles. The third kappa shape index (κ3) is 2.93. The molecular weight excluding hydrogens is 380 g/mol. The van der Waals surface area contributed by atoms with Crippen molar-refractivity contribution in [1.82, 2.24) is 20.3 Å². The van der Waals surface area contributed by atoms with Gasteiger partial charge in [0.1, 0.15) is 10.7 Å². The Morgan fingerprint density at radius 1 is 1.10 bits per heavy atom. The first kappa shape index (κ1) is 16.6. The van der Waals surface area contributed by atoms with Crippen LogP contribution in [0.5, 0.6) is 0 Å². The molecular formula is C23H18N4OS. The SMILES string of the molecule is O=C(NC1=CC(c2nc3ccncc3s2)=CC2CC12)c1ccc2ccccc2n1.[HH]. The average molecular weight is 398 g/mol. The van der Waals surface area contributed by atoms with E-state index in [9.17, 15) is 4.79 Å². The molecule has 1 amide bonds. The largest absolute Gasteiger partial charge is 0.324 e. The third-order valence-electron chi connectivity index (χ3n) is 5.47. The Morgan fingerprint density at radius 2 is 2.03 bits per heavy atom. The van der Waals surface area contributed by atoms with Crippen molar-refractivity contribution < 1.29 is 6.22 Å². The summed E-state index contributed by atoms with van der Waals surface area (Å²) in [6.07, 6.45) is 9.01. The van der Waals surface area contributed by atoms with Crippen molar-refractivity contribution in [3.05, 3.63) is 83.4 Å². The second-order valence-corrected chi connectivity index (χ2v) is 8.46. The minimum absolute atomic E-state index is 0. The molecule has 6 rings (SSSR count). The number of hydrogen-bond acceptors (Lipinski definition) is 5. The average Bonchev–Trinajstić information content (AvgIpc) is 3.42. The maximum Gasteiger partial charge on any atom is 0.274 e. The van der Waals surface area contributed by atoms with Crippen LogP contribution in [-0.4, -0.2) is 20.9 Å². The van der Waals surface area contributed by atoms with E-state index in [0.29, 0.717) is 17.5 Å². The van der Waals surface area contributed by atoms with Gasteiger partial charge >= 0.3 is 0 Å². The number of pyridine rings is 2. The van der Waals surface area contributed by atoms with Crippen molar-refractivity contribution in [2.24, 2.45) is 11.8 Å². The van der Waals surface area contributed by atoms with E-state index in [1.165, 1.54) is 0 Å². The molecule has 2 aliphatic carbocycles. The number of nitrogens with zero attached hydrogens (tertiary/aromatic N) is 3. The number of para-hydroxylation sites is 1. The van der Waals surface area contributed by atoms with Crippen molar-refractivity contribution in [2.75, 3.05) is 0 Å². The van der Waals surface area contributed by atoms with Crippen LogP contribution in [0.15, 0.2) is 72.7 Å². The number of carbonyl (C=O) groups excluding carboxylic acids is 1. The molecule has 2 unspecified atom stereocenters. The summed E-state index contributed by atoms with van der Waals surface area (Å²) in [5.74, 6) is 0.696. The number of aromatic nitrogens is 3. The van der Waals surface area contributed by atoms with Crippen molar-refractivity contribution in [3.8, 4) is 0 Å². The predicted octanol–water partition coefficient (Wildman–Crippen LogP) is 4.83. The number of thiazole rings is 1. The minimum Gasteiger partial charge on any atom is -0.324 e. The zero-order valence-electron chi connectivity index (χ0n) is 15.4. The van der Waals surface area contributed by atoms with Crippen LogP contribution in [-0.2, 0) is 0 Å². The lowest BCUT2D eigenvalue weighted by molar-refractivity contribution is 0.0959. The van der Waals surface area contributed by atoms with E-state index in [4.69, 9.17) is 4.98 Å². The van der Waals surface area contributed by atoms with Gasteiger partial charge in [-0.05, 0) is 36.6 Å². The van der Waals surface area contributed by atoms with E-state index in [1.807, 2.05) is 42.6 Å². The smallest absolute Gasteiger partial charge is 0.274 e. The summed E-state index contributed by atoms with van der Waals surface area (Å²) in [6, 6.07) is 13.5. The maximum absolute atomic E-state index is 12.8. The van der Waals surface area contributed by atoms with Crippen molar-refractivity contribution in [2.45, 2.75) is 6.42 Å². The van der Waals surface area contributed by atoms with Gasteiger partial charge in [-0.2, -0.15) is 0 Å². The van der Waals surface area contributed by atoms with Crippen LogP contribution in [0.25, 0.3) is 26.7 Å². The van der Waals surface area contributed by atoms with Gasteiger partial charge in [-0.3, -0.25) is 9.78 Å². The molecule has 1 fully saturated rings. The van der Waals surface area contributed by atoms with Gasteiger partial charge in [-0.25, -0.2) is 9.97 Å². The minimum atomic E-state index is -0.164. The number of allylic oxidation sites excluding steroid dienone is 4. The van der Waals surface area contributed by atoms with Gasteiger partial charge in [0.25, 0.3) is 5.91 Å². The molecule has 0 radical (unpaired) electrons. The number of fused-ring (bicyclic) bond motifs is 3. The molecule has 4 aromatic rings. The van der Waals surface area contributed by atoms with Crippen LogP contribution < -0.4 is 5.32 Å². The van der Waals surface area contributed by atoms with Gasteiger partial charge in [0, 0.05) is 36.4 Å². The van der Waals surface area contributed by atoms with Crippen LogP contribution >= 0.6 is 11.3 Å². The molecule has 0 saturated heterocycles. The Balaban J connectivity index is 0.00000193. The Labute approximate surface area is 172 Å². The molecule has 0 aliphatic heterocycles. The molecule has 142 valence electrons. The van der Waals surface area contributed by atoms with E-state index >= 15 is 0 Å². The first-order valence-electron chi connectivity index (χ1n) is 9.56. The van der Waals surface area contributed by atoms with E-state index in [-0.39, 0.29) is 7.33 Å². The summed E-state index contributed by atoms with van der Waals surface area (Å²) in [5, 5.41) is 5.10. The lowest BCUT2D eigenvalue weighted by atomic mass is 10.0. The highest BCUT2D eigenvalue weighted by Crippen LogP contribution is 2.49. The molecule has 1 saturated carbocycles. The quantitative estimate of drug-likeness (QED) is 0.537. The molecule has 29 heavy (non-hydrogen) atoms. The van der Waals surface area contributed by atoms with Crippen molar-refractivity contribution in [1.29, 1.82) is 0 Å². The fraction of sp³-hybridized carbons (Fsp3) is 0.130. The summed E-state index contributed by atoms with van der Waals surface area (Å²) < 4.78 is 1.07. The molecule has 1 N–H and O–H groups in total. The first-order valence-corrected chi connectivity index (χ1v) is 10.4. The number of hydrogen-bond donors (Lipinski definition) is 1. The lowest BCUT2D eigenvalue weighted by Gasteiger charge is -2.14. The highest BCUT2D eigenvalue weighted by atomic mass is 32.1. The monoisotopic (exact) mass is 398 g/mol. The van der Waals surface area contributed by atoms with Crippen LogP contribution in [0.3, 0.4) is 0 Å². The predicted molar refractivity (Wildman–Crippen MR) is 116 cm³/mol. The highest BCUT2D eigenvalue weighted by molar-refractivity contribution is 7.19. The molecule has 2 aliphatic rings. The number of benzene rings is 1. The summed E-state index contributed by atoms with van der Waals surface area (Å²) in [4.78, 5) is 26.3. The van der Waals surface area contributed by atoms with E-state index in [2.05, 4.69) is 27.4 Å². The van der Waals surface area contributed by atoms with E-state index < -0.39 is 0 Å². The number of carbonyl (C=O) groups is 1. The lowest BCUT2D eigenvalue weighted by Crippen LogP contribution is -2.26. The molecule has 0 spiro atoms. The molecule has 0 bridgehead atoms. The number of nitrogens with one attached hydrogen (secondary N) is 1. The van der Waals surface area contributed by atoms with Gasteiger partial charge in [0.05, 0.1) is 15.7 Å². The van der Waals surface area contributed by atoms with Gasteiger partial charge in [0.2, 0.25) is 0 Å². The van der Waals surface area contributed by atoms with Gasteiger partial charge in [-0.1, -0.05) is 30.3 Å². The normalized spacial score (nSPS) is 20.1. The number of amides is 1. The molecule has 3 heterocycles. The third-order valence-corrected chi connectivity index (χ3v) is 6.53. The Hall–Kier alpha value is -3.38. The Morgan fingerprint density at radius 3 is 2.97 bits per heavy atom. The second kappa shape index (κ2) is 6.32. The second-order valence-electron chi connectivity index (χ2n) is 7.43. The topological polar surface area (TPSA) is 67.8 Å². The number of rotatable bonds is 3. The van der Waals surface area contributed by atoms with Gasteiger partial charge < -0.3 is 5.32 Å².